The third-order valence-electron chi connectivity index (χ3n) is 5.90. The molecule has 1 heterocycles. The lowest BCUT2D eigenvalue weighted by Crippen LogP contribution is -2.40. The van der Waals surface area contributed by atoms with Crippen LogP contribution in [-0.4, -0.2) is 50.8 Å². The molecule has 2 atom stereocenters. The van der Waals surface area contributed by atoms with Gasteiger partial charge in [-0.25, -0.2) is 0 Å². The normalized spacial score (nSPS) is 17.9. The molecule has 0 N–H and O–H groups in total. The molecule has 2 unspecified atom stereocenters. The van der Waals surface area contributed by atoms with Crippen molar-refractivity contribution in [2.75, 3.05) is 40.0 Å². The van der Waals surface area contributed by atoms with Crippen LogP contribution in [0, 0.1) is 0 Å². The van der Waals surface area contributed by atoms with Crippen molar-refractivity contribution in [1.29, 1.82) is 0 Å². The lowest BCUT2D eigenvalue weighted by Gasteiger charge is -2.33. The van der Waals surface area contributed by atoms with Crippen molar-refractivity contribution in [3.8, 4) is 5.75 Å². The van der Waals surface area contributed by atoms with E-state index in [0.29, 0.717) is 19.8 Å². The average Bonchev–Trinajstić information content (AvgIpc) is 2.83. The van der Waals surface area contributed by atoms with Crippen LogP contribution in [0.5, 0.6) is 5.75 Å². The quantitative estimate of drug-likeness (QED) is 0.525. The molecule has 3 aromatic carbocycles. The van der Waals surface area contributed by atoms with Gasteiger partial charge in [0.25, 0.3) is 0 Å². The van der Waals surface area contributed by atoms with Crippen molar-refractivity contribution in [1.82, 2.24) is 4.90 Å². The molecule has 5 heteroatoms. The summed E-state index contributed by atoms with van der Waals surface area (Å²) >= 11 is 0. The van der Waals surface area contributed by atoms with Crippen LogP contribution in [0.1, 0.15) is 30.1 Å². The Bertz CT molecular complexity index is 1020. The summed E-state index contributed by atoms with van der Waals surface area (Å²) in [7, 11) is 1.66. The number of rotatable bonds is 7. The minimum Gasteiger partial charge on any atom is -0.497 e. The summed E-state index contributed by atoms with van der Waals surface area (Å²) in [6.07, 6.45) is 0.0702. The zero-order valence-electron chi connectivity index (χ0n) is 18.1. The molecule has 162 valence electrons. The van der Waals surface area contributed by atoms with E-state index < -0.39 is 0 Å². The molecule has 31 heavy (non-hydrogen) atoms. The van der Waals surface area contributed by atoms with E-state index in [1.54, 1.807) is 7.11 Å². The maximum absolute atomic E-state index is 12.6. The summed E-state index contributed by atoms with van der Waals surface area (Å²) < 4.78 is 16.8. The first-order chi connectivity index (χ1) is 15.1. The van der Waals surface area contributed by atoms with E-state index in [1.807, 2.05) is 61.5 Å². The van der Waals surface area contributed by atoms with Gasteiger partial charge in [0.15, 0.2) is 0 Å². The SMILES string of the molecule is COc1ccc2cc(C(C)C(=O)OCCN3CCOC(c4ccccc4)C3)ccc2c1. The van der Waals surface area contributed by atoms with E-state index in [1.165, 1.54) is 5.56 Å². The second-order valence-electron chi connectivity index (χ2n) is 7.93. The van der Waals surface area contributed by atoms with Crippen molar-refractivity contribution >= 4 is 16.7 Å². The Balaban J connectivity index is 1.30. The van der Waals surface area contributed by atoms with Crippen molar-refractivity contribution in [2.24, 2.45) is 0 Å². The molecule has 0 bridgehead atoms. The lowest BCUT2D eigenvalue weighted by molar-refractivity contribution is -0.146. The maximum atomic E-state index is 12.6. The summed E-state index contributed by atoms with van der Waals surface area (Å²) in [4.78, 5) is 14.9. The maximum Gasteiger partial charge on any atom is 0.313 e. The monoisotopic (exact) mass is 419 g/mol. The predicted octanol–water partition coefficient (Wildman–Crippen LogP) is 4.57. The molecule has 1 fully saturated rings. The van der Waals surface area contributed by atoms with Gasteiger partial charge in [-0.2, -0.15) is 0 Å². The van der Waals surface area contributed by atoms with Gasteiger partial charge in [0.05, 0.1) is 25.7 Å². The predicted molar refractivity (Wildman–Crippen MR) is 121 cm³/mol. The molecule has 1 aliphatic heterocycles. The molecule has 0 aromatic heterocycles. The largest absolute Gasteiger partial charge is 0.497 e. The van der Waals surface area contributed by atoms with Crippen molar-refractivity contribution in [2.45, 2.75) is 18.9 Å². The minimum absolute atomic E-state index is 0.0702. The summed E-state index contributed by atoms with van der Waals surface area (Å²) in [5.74, 6) is 0.319. The Morgan fingerprint density at radius 3 is 2.68 bits per heavy atom. The number of carbonyl (C=O) groups excluding carboxylic acids is 1. The van der Waals surface area contributed by atoms with Crippen LogP contribution in [0.15, 0.2) is 66.7 Å². The average molecular weight is 420 g/mol. The standard InChI is InChI=1S/C26H29NO4/c1-19(21-8-9-23-17-24(29-2)11-10-22(23)16-21)26(28)31-15-13-27-12-14-30-25(18-27)20-6-4-3-5-7-20/h3-11,16-17,19,25H,12-15,18H2,1-2H3. The Labute approximate surface area is 183 Å². The molecule has 0 spiro atoms. The second kappa shape index (κ2) is 9.94. The van der Waals surface area contributed by atoms with Crippen LogP contribution in [-0.2, 0) is 14.3 Å². The van der Waals surface area contributed by atoms with Crippen LogP contribution in [0.2, 0.25) is 0 Å². The fraction of sp³-hybridized carbons (Fsp3) is 0.346. The van der Waals surface area contributed by atoms with Gasteiger partial charge in [0, 0.05) is 19.6 Å². The number of carbonyl (C=O) groups is 1. The number of nitrogens with zero attached hydrogens (tertiary/aromatic N) is 1. The van der Waals surface area contributed by atoms with Gasteiger partial charge in [0.1, 0.15) is 12.4 Å². The minimum atomic E-state index is -0.312. The van der Waals surface area contributed by atoms with Gasteiger partial charge >= 0.3 is 5.97 Å². The first kappa shape index (κ1) is 21.3. The van der Waals surface area contributed by atoms with Crippen molar-refractivity contribution in [3.05, 3.63) is 77.9 Å². The van der Waals surface area contributed by atoms with Gasteiger partial charge < -0.3 is 14.2 Å². The highest BCUT2D eigenvalue weighted by Crippen LogP contribution is 2.26. The summed E-state index contributed by atoms with van der Waals surface area (Å²) in [6, 6.07) is 22.3. The summed E-state index contributed by atoms with van der Waals surface area (Å²) in [6.45, 7) is 5.34. The lowest BCUT2D eigenvalue weighted by atomic mass is 9.98. The van der Waals surface area contributed by atoms with Crippen LogP contribution in [0.25, 0.3) is 10.8 Å². The summed E-state index contributed by atoms with van der Waals surface area (Å²) in [5.41, 5.74) is 2.14. The highest BCUT2D eigenvalue weighted by Gasteiger charge is 2.22. The van der Waals surface area contributed by atoms with Gasteiger partial charge in [-0.05, 0) is 41.0 Å². The number of ether oxygens (including phenoxy) is 3. The molecule has 0 saturated carbocycles. The van der Waals surface area contributed by atoms with Crippen LogP contribution in [0.3, 0.4) is 0 Å². The van der Waals surface area contributed by atoms with E-state index in [4.69, 9.17) is 14.2 Å². The van der Waals surface area contributed by atoms with Crippen LogP contribution in [0.4, 0.5) is 0 Å². The molecular formula is C26H29NO4. The third kappa shape index (κ3) is 5.24. The molecule has 1 aliphatic rings. The number of morpholine rings is 1. The highest BCUT2D eigenvalue weighted by atomic mass is 16.5. The highest BCUT2D eigenvalue weighted by molar-refractivity contribution is 5.86. The molecular weight excluding hydrogens is 390 g/mol. The Hall–Kier alpha value is -2.89. The van der Waals surface area contributed by atoms with Crippen molar-refractivity contribution < 1.29 is 19.0 Å². The molecule has 5 nitrogen and oxygen atoms in total. The van der Waals surface area contributed by atoms with Gasteiger partial charge in [-0.15, -0.1) is 0 Å². The van der Waals surface area contributed by atoms with Gasteiger partial charge in [-0.3, -0.25) is 9.69 Å². The van der Waals surface area contributed by atoms with E-state index in [9.17, 15) is 4.79 Å². The molecule has 4 rings (SSSR count). The fourth-order valence-corrected chi connectivity index (χ4v) is 3.95. The van der Waals surface area contributed by atoms with E-state index in [0.717, 1.165) is 35.2 Å². The number of benzene rings is 3. The Morgan fingerprint density at radius 1 is 1.10 bits per heavy atom. The molecule has 0 amide bonds. The number of methoxy groups -OCH3 is 1. The van der Waals surface area contributed by atoms with Gasteiger partial charge in [0.2, 0.25) is 0 Å². The second-order valence-corrected chi connectivity index (χ2v) is 7.93. The molecule has 1 saturated heterocycles. The van der Waals surface area contributed by atoms with E-state index >= 15 is 0 Å². The first-order valence-corrected chi connectivity index (χ1v) is 10.8. The third-order valence-corrected chi connectivity index (χ3v) is 5.90. The van der Waals surface area contributed by atoms with Crippen LogP contribution < -0.4 is 4.74 Å². The van der Waals surface area contributed by atoms with Gasteiger partial charge in [-0.1, -0.05) is 54.6 Å². The summed E-state index contributed by atoms with van der Waals surface area (Å²) in [5, 5.41) is 2.17. The zero-order chi connectivity index (χ0) is 21.6. The Kier molecular flexibility index (Phi) is 6.85. The number of hydrogen-bond acceptors (Lipinski definition) is 5. The number of fused-ring (bicyclic) bond motifs is 1. The smallest absolute Gasteiger partial charge is 0.313 e. The van der Waals surface area contributed by atoms with E-state index in [2.05, 4.69) is 17.0 Å². The zero-order valence-corrected chi connectivity index (χ0v) is 18.1. The number of hydrogen-bond donors (Lipinski definition) is 0. The number of esters is 1. The molecule has 3 aromatic rings. The van der Waals surface area contributed by atoms with E-state index in [-0.39, 0.29) is 18.0 Å². The first-order valence-electron chi connectivity index (χ1n) is 10.8. The molecule has 0 radical (unpaired) electrons. The molecule has 0 aliphatic carbocycles. The van der Waals surface area contributed by atoms with Crippen molar-refractivity contribution in [3.63, 3.8) is 0 Å². The fourth-order valence-electron chi connectivity index (χ4n) is 3.95. The Morgan fingerprint density at radius 2 is 1.87 bits per heavy atom. The topological polar surface area (TPSA) is 48.0 Å². The van der Waals surface area contributed by atoms with Crippen LogP contribution >= 0.6 is 0 Å².